The van der Waals surface area contributed by atoms with E-state index in [4.69, 9.17) is 4.74 Å². The average Bonchev–Trinajstić information content (AvgIpc) is 2.98. The van der Waals surface area contributed by atoms with E-state index in [1.54, 1.807) is 18.2 Å². The van der Waals surface area contributed by atoms with E-state index in [9.17, 15) is 9.90 Å². The van der Waals surface area contributed by atoms with Crippen molar-refractivity contribution in [2.45, 2.75) is 25.9 Å². The maximum absolute atomic E-state index is 11.4. The fourth-order valence-electron chi connectivity index (χ4n) is 3.79. The summed E-state index contributed by atoms with van der Waals surface area (Å²) in [6.45, 7) is 4.64. The summed E-state index contributed by atoms with van der Waals surface area (Å²) in [5.41, 5.74) is 5.71. The number of ether oxygens (including phenoxy) is 1. The molecule has 1 aliphatic rings. The molecule has 28 heavy (non-hydrogen) atoms. The van der Waals surface area contributed by atoms with Crippen LogP contribution < -0.4 is 4.74 Å². The highest BCUT2D eigenvalue weighted by molar-refractivity contribution is 5.89. The predicted octanol–water partition coefficient (Wildman–Crippen LogP) is 5.69. The van der Waals surface area contributed by atoms with Gasteiger partial charge in [-0.2, -0.15) is 0 Å². The Labute approximate surface area is 164 Å². The third-order valence-electron chi connectivity index (χ3n) is 5.21. The zero-order valence-electron chi connectivity index (χ0n) is 16.0. The van der Waals surface area contributed by atoms with Gasteiger partial charge in [0.05, 0.1) is 5.56 Å². The van der Waals surface area contributed by atoms with Crippen molar-refractivity contribution >= 4 is 11.5 Å². The highest BCUT2D eigenvalue weighted by Gasteiger charge is 2.30. The fraction of sp³-hybridized carbons (Fsp3) is 0.160. The van der Waals surface area contributed by atoms with Crippen molar-refractivity contribution in [2.75, 3.05) is 0 Å². The molecule has 3 aromatic rings. The van der Waals surface area contributed by atoms with Gasteiger partial charge in [-0.1, -0.05) is 74.5 Å². The summed E-state index contributed by atoms with van der Waals surface area (Å²) in [4.78, 5) is 11.4. The molecular formula is C25H22O3. The standard InChI is InChI=1S/C25H22O3/c1-25(2)15-22(17-8-4-3-5-9-17)21-14-19(12-13-23(21)25)28-16-18-10-6-7-11-20(18)24(26)27/h3-15H,16H2,1-2H3,(H,26,27). The molecular weight excluding hydrogens is 348 g/mol. The van der Waals surface area contributed by atoms with E-state index in [0.29, 0.717) is 5.56 Å². The first-order valence-corrected chi connectivity index (χ1v) is 9.33. The van der Waals surface area contributed by atoms with Crippen LogP contribution in [0.25, 0.3) is 5.57 Å². The lowest BCUT2D eigenvalue weighted by Gasteiger charge is -2.18. The third-order valence-corrected chi connectivity index (χ3v) is 5.21. The van der Waals surface area contributed by atoms with Gasteiger partial charge in [0.15, 0.2) is 0 Å². The van der Waals surface area contributed by atoms with Crippen molar-refractivity contribution in [1.82, 2.24) is 0 Å². The van der Waals surface area contributed by atoms with Crippen LogP contribution in [-0.4, -0.2) is 11.1 Å². The third kappa shape index (κ3) is 3.31. The van der Waals surface area contributed by atoms with Crippen molar-refractivity contribution in [3.05, 3.63) is 107 Å². The summed E-state index contributed by atoms with van der Waals surface area (Å²) in [7, 11) is 0. The van der Waals surface area contributed by atoms with Crippen LogP contribution in [-0.2, 0) is 12.0 Å². The van der Waals surface area contributed by atoms with Crippen LogP contribution in [0, 0.1) is 0 Å². The molecule has 3 aromatic carbocycles. The number of aromatic carboxylic acids is 1. The maximum atomic E-state index is 11.4. The lowest BCUT2D eigenvalue weighted by atomic mass is 9.87. The Bertz CT molecular complexity index is 1060. The van der Waals surface area contributed by atoms with Gasteiger partial charge in [0.2, 0.25) is 0 Å². The quantitative estimate of drug-likeness (QED) is 0.628. The molecule has 1 aliphatic carbocycles. The second-order valence-corrected chi connectivity index (χ2v) is 7.60. The van der Waals surface area contributed by atoms with Crippen LogP contribution >= 0.6 is 0 Å². The van der Waals surface area contributed by atoms with E-state index in [1.165, 1.54) is 22.3 Å². The van der Waals surface area contributed by atoms with E-state index >= 15 is 0 Å². The van der Waals surface area contributed by atoms with E-state index in [0.717, 1.165) is 5.75 Å². The van der Waals surface area contributed by atoms with Crippen molar-refractivity contribution in [2.24, 2.45) is 0 Å². The molecule has 0 unspecified atom stereocenters. The minimum atomic E-state index is -0.941. The molecule has 3 nitrogen and oxygen atoms in total. The SMILES string of the molecule is CC1(C)C=C(c2ccccc2)c2cc(OCc3ccccc3C(=O)O)ccc21. The van der Waals surface area contributed by atoms with Gasteiger partial charge in [-0.25, -0.2) is 4.79 Å². The molecule has 0 saturated heterocycles. The number of carboxylic acid groups (broad SMARTS) is 1. The Morgan fingerprint density at radius 3 is 2.43 bits per heavy atom. The van der Waals surface area contributed by atoms with E-state index in [1.807, 2.05) is 30.3 Å². The molecule has 0 saturated carbocycles. The predicted molar refractivity (Wildman–Crippen MR) is 111 cm³/mol. The molecule has 0 aromatic heterocycles. The average molecular weight is 370 g/mol. The van der Waals surface area contributed by atoms with Gasteiger partial charge >= 0.3 is 5.97 Å². The first-order valence-electron chi connectivity index (χ1n) is 9.33. The van der Waals surface area contributed by atoms with Crippen molar-refractivity contribution in [3.63, 3.8) is 0 Å². The maximum Gasteiger partial charge on any atom is 0.336 e. The number of allylic oxidation sites excluding steroid dienone is 1. The lowest BCUT2D eigenvalue weighted by molar-refractivity contribution is 0.0694. The zero-order chi connectivity index (χ0) is 19.7. The summed E-state index contributed by atoms with van der Waals surface area (Å²) >= 11 is 0. The number of carboxylic acids is 1. The Morgan fingerprint density at radius 1 is 0.964 bits per heavy atom. The van der Waals surface area contributed by atoms with Crippen molar-refractivity contribution in [3.8, 4) is 5.75 Å². The minimum Gasteiger partial charge on any atom is -0.489 e. The second-order valence-electron chi connectivity index (χ2n) is 7.60. The van der Waals surface area contributed by atoms with Crippen molar-refractivity contribution in [1.29, 1.82) is 0 Å². The second kappa shape index (κ2) is 7.01. The van der Waals surface area contributed by atoms with Gasteiger partial charge < -0.3 is 9.84 Å². The van der Waals surface area contributed by atoms with Gasteiger partial charge in [0.1, 0.15) is 12.4 Å². The van der Waals surface area contributed by atoms with Gasteiger partial charge in [-0.05, 0) is 40.5 Å². The summed E-state index contributed by atoms with van der Waals surface area (Å²) < 4.78 is 5.97. The van der Waals surface area contributed by atoms with Gasteiger partial charge in [-0.15, -0.1) is 0 Å². The Morgan fingerprint density at radius 2 is 1.68 bits per heavy atom. The molecule has 0 radical (unpaired) electrons. The molecule has 0 spiro atoms. The molecule has 0 heterocycles. The first kappa shape index (κ1) is 18.1. The van der Waals surface area contributed by atoms with Crippen LogP contribution in [0.2, 0.25) is 0 Å². The minimum absolute atomic E-state index is 0.0467. The monoisotopic (exact) mass is 370 g/mol. The van der Waals surface area contributed by atoms with E-state index in [2.05, 4.69) is 44.2 Å². The number of fused-ring (bicyclic) bond motifs is 1. The molecule has 4 rings (SSSR count). The molecule has 0 aliphatic heterocycles. The molecule has 0 bridgehead atoms. The number of rotatable bonds is 5. The molecule has 0 atom stereocenters. The number of carbonyl (C=O) groups is 1. The van der Waals surface area contributed by atoms with E-state index < -0.39 is 5.97 Å². The smallest absolute Gasteiger partial charge is 0.336 e. The van der Waals surface area contributed by atoms with Crippen LogP contribution in [0.5, 0.6) is 5.75 Å². The highest BCUT2D eigenvalue weighted by atomic mass is 16.5. The van der Waals surface area contributed by atoms with Crippen molar-refractivity contribution < 1.29 is 14.6 Å². The van der Waals surface area contributed by atoms with Crippen LogP contribution in [0.4, 0.5) is 0 Å². The normalized spacial score (nSPS) is 14.3. The summed E-state index contributed by atoms with van der Waals surface area (Å²) in [5, 5.41) is 9.35. The summed E-state index contributed by atoms with van der Waals surface area (Å²) in [5.74, 6) is -0.206. The Balaban J connectivity index is 1.65. The van der Waals surface area contributed by atoms with Crippen LogP contribution in [0.1, 0.15) is 46.5 Å². The molecule has 140 valence electrons. The molecule has 3 heteroatoms. The molecule has 0 amide bonds. The topological polar surface area (TPSA) is 46.5 Å². The van der Waals surface area contributed by atoms with E-state index in [-0.39, 0.29) is 17.6 Å². The lowest BCUT2D eigenvalue weighted by Crippen LogP contribution is -2.10. The van der Waals surface area contributed by atoms with Crippen LogP contribution in [0.15, 0.2) is 78.9 Å². The Kier molecular flexibility index (Phi) is 4.52. The van der Waals surface area contributed by atoms with Gasteiger partial charge in [0, 0.05) is 11.0 Å². The summed E-state index contributed by atoms with van der Waals surface area (Å²) in [6, 6.07) is 23.4. The first-order chi connectivity index (χ1) is 13.5. The number of hydrogen-bond acceptors (Lipinski definition) is 2. The van der Waals surface area contributed by atoms with Gasteiger partial charge in [-0.3, -0.25) is 0 Å². The molecule has 1 N–H and O–H groups in total. The number of benzene rings is 3. The zero-order valence-corrected chi connectivity index (χ0v) is 16.0. The number of hydrogen-bond donors (Lipinski definition) is 1. The largest absolute Gasteiger partial charge is 0.489 e. The molecule has 0 fully saturated rings. The summed E-state index contributed by atoms with van der Waals surface area (Å²) in [6.07, 6.45) is 2.30. The fourth-order valence-corrected chi connectivity index (χ4v) is 3.79. The van der Waals surface area contributed by atoms with Crippen LogP contribution in [0.3, 0.4) is 0 Å². The van der Waals surface area contributed by atoms with Gasteiger partial charge in [0.25, 0.3) is 0 Å². The highest BCUT2D eigenvalue weighted by Crippen LogP contribution is 2.44. The Hall–Kier alpha value is -3.33.